The largest absolute Gasteiger partial charge is 0.480 e. The summed E-state index contributed by atoms with van der Waals surface area (Å²) < 4.78 is 0. The molecule has 90 valence electrons. The predicted octanol–water partition coefficient (Wildman–Crippen LogP) is 0.135. The van der Waals surface area contributed by atoms with E-state index in [0.29, 0.717) is 19.5 Å². The van der Waals surface area contributed by atoms with E-state index >= 15 is 0 Å². The monoisotopic (exact) mass is 246 g/mol. The lowest BCUT2D eigenvalue weighted by Gasteiger charge is -2.13. The topological polar surface area (TPSA) is 86.7 Å². The van der Waals surface area contributed by atoms with Crippen LogP contribution in [0.4, 0.5) is 4.79 Å². The number of thioether (sulfide) groups is 1. The standard InChI is InChI=1S/C9H14N2O4S/c1-2-6(8(13)14)16-5-7(12)11-4-3-10-9(11)15/h6H,2-5H2,1H3,(H,10,15)(H,13,14). The van der Waals surface area contributed by atoms with Crippen LogP contribution in [0.25, 0.3) is 0 Å². The third-order valence-corrected chi connectivity index (χ3v) is 3.56. The highest BCUT2D eigenvalue weighted by Crippen LogP contribution is 2.15. The van der Waals surface area contributed by atoms with Crippen LogP contribution in [-0.2, 0) is 9.59 Å². The molecule has 1 unspecified atom stereocenters. The molecule has 1 aliphatic heterocycles. The summed E-state index contributed by atoms with van der Waals surface area (Å²) in [5, 5.41) is 10.7. The third kappa shape index (κ3) is 3.13. The van der Waals surface area contributed by atoms with Crippen molar-refractivity contribution in [2.24, 2.45) is 0 Å². The Hall–Kier alpha value is -1.24. The average Bonchev–Trinajstić information content (AvgIpc) is 2.64. The first-order valence-electron chi connectivity index (χ1n) is 4.98. The van der Waals surface area contributed by atoms with E-state index < -0.39 is 17.3 Å². The van der Waals surface area contributed by atoms with E-state index in [1.165, 1.54) is 0 Å². The molecule has 2 N–H and O–H groups in total. The molecule has 1 atom stereocenters. The van der Waals surface area contributed by atoms with Crippen LogP contribution in [0.1, 0.15) is 13.3 Å². The molecule has 0 spiro atoms. The number of carboxylic acid groups (broad SMARTS) is 1. The van der Waals surface area contributed by atoms with Crippen molar-refractivity contribution in [3.05, 3.63) is 0 Å². The summed E-state index contributed by atoms with van der Waals surface area (Å²) in [6.07, 6.45) is 0.458. The van der Waals surface area contributed by atoms with Crippen LogP contribution in [0.15, 0.2) is 0 Å². The van der Waals surface area contributed by atoms with Gasteiger partial charge in [0, 0.05) is 13.1 Å². The smallest absolute Gasteiger partial charge is 0.324 e. The van der Waals surface area contributed by atoms with E-state index in [1.54, 1.807) is 6.92 Å². The molecule has 3 amide bonds. The zero-order valence-electron chi connectivity index (χ0n) is 8.93. The fraction of sp³-hybridized carbons (Fsp3) is 0.667. The molecule has 0 bridgehead atoms. The molecule has 1 aliphatic rings. The van der Waals surface area contributed by atoms with E-state index in [0.717, 1.165) is 16.7 Å². The second-order valence-corrected chi connectivity index (χ2v) is 4.51. The summed E-state index contributed by atoms with van der Waals surface area (Å²) in [6, 6.07) is -0.394. The Morgan fingerprint density at radius 3 is 2.75 bits per heavy atom. The molecule has 1 saturated heterocycles. The minimum absolute atomic E-state index is 0.0260. The first kappa shape index (κ1) is 12.8. The summed E-state index contributed by atoms with van der Waals surface area (Å²) in [6.45, 7) is 2.58. The van der Waals surface area contributed by atoms with Crippen LogP contribution in [0.3, 0.4) is 0 Å². The number of nitrogens with zero attached hydrogens (tertiary/aromatic N) is 1. The lowest BCUT2D eigenvalue weighted by atomic mass is 10.3. The molecule has 7 heteroatoms. The molecule has 1 rings (SSSR count). The first-order valence-corrected chi connectivity index (χ1v) is 6.03. The van der Waals surface area contributed by atoms with E-state index in [2.05, 4.69) is 5.32 Å². The van der Waals surface area contributed by atoms with Crippen LogP contribution < -0.4 is 5.32 Å². The van der Waals surface area contributed by atoms with Gasteiger partial charge in [0.2, 0.25) is 5.91 Å². The fourth-order valence-electron chi connectivity index (χ4n) is 1.32. The van der Waals surface area contributed by atoms with E-state index in [9.17, 15) is 14.4 Å². The highest BCUT2D eigenvalue weighted by Gasteiger charge is 2.27. The molecule has 0 saturated carbocycles. The Bertz CT molecular complexity index is 308. The Labute approximate surface area is 97.4 Å². The quantitative estimate of drug-likeness (QED) is 0.720. The summed E-state index contributed by atoms with van der Waals surface area (Å²) in [7, 11) is 0. The molecule has 0 aliphatic carbocycles. The van der Waals surface area contributed by atoms with E-state index in [-0.39, 0.29) is 11.7 Å². The lowest BCUT2D eigenvalue weighted by molar-refractivity contribution is -0.136. The molecule has 16 heavy (non-hydrogen) atoms. The third-order valence-electron chi connectivity index (χ3n) is 2.21. The van der Waals surface area contributed by atoms with Crippen molar-refractivity contribution >= 4 is 29.7 Å². The van der Waals surface area contributed by atoms with Gasteiger partial charge in [-0.25, -0.2) is 4.79 Å². The average molecular weight is 246 g/mol. The minimum Gasteiger partial charge on any atom is -0.480 e. The normalized spacial score (nSPS) is 17.1. The number of aliphatic carboxylic acids is 1. The Kier molecular flexibility index (Phi) is 4.60. The molecule has 0 aromatic rings. The van der Waals surface area contributed by atoms with Gasteiger partial charge in [-0.1, -0.05) is 6.92 Å². The van der Waals surface area contributed by atoms with E-state index in [1.807, 2.05) is 0 Å². The molecular weight excluding hydrogens is 232 g/mol. The molecule has 1 heterocycles. The second kappa shape index (κ2) is 5.74. The number of imide groups is 1. The molecule has 0 aromatic heterocycles. The van der Waals surface area contributed by atoms with Crippen LogP contribution >= 0.6 is 11.8 Å². The van der Waals surface area contributed by atoms with Crippen LogP contribution in [0, 0.1) is 0 Å². The molecule has 6 nitrogen and oxygen atoms in total. The van der Waals surface area contributed by atoms with Crippen molar-refractivity contribution in [1.29, 1.82) is 0 Å². The highest BCUT2D eigenvalue weighted by atomic mass is 32.2. The number of carbonyl (C=O) groups excluding carboxylic acids is 2. The van der Waals surface area contributed by atoms with Gasteiger partial charge in [0.15, 0.2) is 0 Å². The molecule has 0 aromatic carbocycles. The fourth-order valence-corrected chi connectivity index (χ4v) is 2.20. The van der Waals surface area contributed by atoms with Gasteiger partial charge in [0.05, 0.1) is 5.75 Å². The van der Waals surface area contributed by atoms with Gasteiger partial charge in [0.25, 0.3) is 0 Å². The summed E-state index contributed by atoms with van der Waals surface area (Å²) in [4.78, 5) is 34.5. The number of hydrogen-bond donors (Lipinski definition) is 2. The summed E-state index contributed by atoms with van der Waals surface area (Å²) in [5.74, 6) is -1.23. The van der Waals surface area contributed by atoms with Crippen molar-refractivity contribution in [3.8, 4) is 0 Å². The Morgan fingerprint density at radius 1 is 1.62 bits per heavy atom. The minimum atomic E-state index is -0.925. The van der Waals surface area contributed by atoms with Gasteiger partial charge in [-0.3, -0.25) is 14.5 Å². The summed E-state index contributed by atoms with van der Waals surface area (Å²) >= 11 is 1.06. The SMILES string of the molecule is CCC(SCC(=O)N1CCNC1=O)C(=O)O. The van der Waals surface area contributed by atoms with Gasteiger partial charge in [-0.2, -0.15) is 0 Å². The number of nitrogens with one attached hydrogen (secondary N) is 1. The zero-order valence-corrected chi connectivity index (χ0v) is 9.75. The molecular formula is C9H14N2O4S. The van der Waals surface area contributed by atoms with Crippen LogP contribution in [-0.4, -0.2) is 52.0 Å². The van der Waals surface area contributed by atoms with E-state index in [4.69, 9.17) is 5.11 Å². The predicted molar refractivity (Wildman–Crippen MR) is 59.3 cm³/mol. The number of rotatable bonds is 5. The van der Waals surface area contributed by atoms with Crippen LogP contribution in [0.5, 0.6) is 0 Å². The Morgan fingerprint density at radius 2 is 2.31 bits per heavy atom. The van der Waals surface area contributed by atoms with Crippen molar-refractivity contribution in [2.45, 2.75) is 18.6 Å². The van der Waals surface area contributed by atoms with Gasteiger partial charge in [0.1, 0.15) is 5.25 Å². The van der Waals surface area contributed by atoms with Crippen molar-refractivity contribution in [1.82, 2.24) is 10.2 Å². The van der Waals surface area contributed by atoms with Gasteiger partial charge in [-0.05, 0) is 6.42 Å². The summed E-state index contributed by atoms with van der Waals surface area (Å²) in [5.41, 5.74) is 0. The highest BCUT2D eigenvalue weighted by molar-refractivity contribution is 8.01. The number of carboxylic acids is 1. The molecule has 0 radical (unpaired) electrons. The number of hydrogen-bond acceptors (Lipinski definition) is 4. The van der Waals surface area contributed by atoms with Crippen LogP contribution in [0.2, 0.25) is 0 Å². The Balaban J connectivity index is 2.40. The number of carbonyl (C=O) groups is 3. The molecule has 1 fully saturated rings. The number of urea groups is 1. The van der Waals surface area contributed by atoms with Crippen molar-refractivity contribution in [3.63, 3.8) is 0 Å². The van der Waals surface area contributed by atoms with Gasteiger partial charge < -0.3 is 10.4 Å². The van der Waals surface area contributed by atoms with Crippen molar-refractivity contribution < 1.29 is 19.5 Å². The maximum absolute atomic E-state index is 11.6. The van der Waals surface area contributed by atoms with Crippen molar-refractivity contribution in [2.75, 3.05) is 18.8 Å². The van der Waals surface area contributed by atoms with Gasteiger partial charge in [-0.15, -0.1) is 11.8 Å². The zero-order chi connectivity index (χ0) is 12.1. The number of amides is 3. The maximum atomic E-state index is 11.6. The van der Waals surface area contributed by atoms with Gasteiger partial charge >= 0.3 is 12.0 Å². The first-order chi connectivity index (χ1) is 7.56. The maximum Gasteiger partial charge on any atom is 0.324 e. The second-order valence-electron chi connectivity index (χ2n) is 3.32. The lowest BCUT2D eigenvalue weighted by Crippen LogP contribution is -2.36.